The molecule has 4 heteroatoms. The molecule has 0 amide bonds. The maximum Gasteiger partial charge on any atom is 0.177 e. The fourth-order valence-electron chi connectivity index (χ4n) is 0. The van der Waals surface area contributed by atoms with Crippen LogP contribution < -0.4 is 0 Å². The predicted octanol–water partition coefficient (Wildman–Crippen LogP) is -0.742. The second kappa shape index (κ2) is 31.1. The van der Waals surface area contributed by atoms with Crippen molar-refractivity contribution in [2.45, 2.75) is 0 Å². The number of rotatable bonds is 0. The Balaban J connectivity index is 0. The summed E-state index contributed by atoms with van der Waals surface area (Å²) >= 11 is 0. The van der Waals surface area contributed by atoms with Crippen molar-refractivity contribution in [3.05, 3.63) is 0 Å². The molecule has 0 fully saturated rings. The largest absolute Gasteiger partial charge is 0.400 e. The molecule has 1 atom stereocenters. The van der Waals surface area contributed by atoms with Gasteiger partial charge in [0, 0.05) is 7.11 Å². The second-order valence-electron chi connectivity index (χ2n) is 0.105. The normalized spacial score (nSPS) is 7.00. The molecule has 0 saturated heterocycles. The molecular weight excluding hydrogens is 91.0 g/mol. The van der Waals surface area contributed by atoms with E-state index < -0.39 is 8.69 Å². The molecule has 1 unspecified atom stereocenters. The number of hydrogen-bond donors (Lipinski definition) is 2. The van der Waals surface area contributed by atoms with Crippen molar-refractivity contribution >= 4 is 8.69 Å². The SMILES string of the molecule is CO.O=[PH2]O. The first-order valence-electron chi connectivity index (χ1n) is 0.941. The predicted molar refractivity (Wildman–Crippen MR) is 20.8 cm³/mol. The molecule has 0 radical (unpaired) electrons. The smallest absolute Gasteiger partial charge is 0.177 e. The standard InChI is InChI=1S/CH4O.H3O2P/c1-2;1-3-2/h2H,1H3;3H2,(H,1,2). The van der Waals surface area contributed by atoms with E-state index in [4.69, 9.17) is 14.6 Å². The zero-order valence-corrected chi connectivity index (χ0v) is 4.03. The molecule has 0 saturated carbocycles. The molecule has 34 valence electrons. The van der Waals surface area contributed by atoms with Crippen LogP contribution in [0.4, 0.5) is 0 Å². The van der Waals surface area contributed by atoms with Gasteiger partial charge in [-0.3, -0.25) is 4.57 Å². The molecule has 0 spiro atoms. The summed E-state index contributed by atoms with van der Waals surface area (Å²) in [6, 6.07) is 0. The minimum Gasteiger partial charge on any atom is -0.400 e. The summed E-state index contributed by atoms with van der Waals surface area (Å²) in [6.07, 6.45) is 0. The van der Waals surface area contributed by atoms with Crippen LogP contribution in [0.15, 0.2) is 0 Å². The van der Waals surface area contributed by atoms with Gasteiger partial charge in [-0.2, -0.15) is 0 Å². The highest BCUT2D eigenvalue weighted by Gasteiger charge is 1.17. The van der Waals surface area contributed by atoms with Gasteiger partial charge in [0.25, 0.3) is 0 Å². The lowest BCUT2D eigenvalue weighted by molar-refractivity contribution is 0.399. The fourth-order valence-corrected chi connectivity index (χ4v) is 0. The molecule has 0 aliphatic heterocycles. The van der Waals surface area contributed by atoms with Crippen molar-refractivity contribution in [3.63, 3.8) is 0 Å². The Bertz CT molecular complexity index is 14.4. The molecule has 0 aromatic carbocycles. The van der Waals surface area contributed by atoms with Crippen LogP contribution in [-0.2, 0) is 4.57 Å². The number of hydrogen-bond acceptors (Lipinski definition) is 2. The van der Waals surface area contributed by atoms with E-state index >= 15 is 0 Å². The first-order chi connectivity index (χ1) is 2.41. The molecule has 0 aliphatic rings. The van der Waals surface area contributed by atoms with Gasteiger partial charge in [0.05, 0.1) is 0 Å². The monoisotopic (exact) mass is 98.0 g/mol. The topological polar surface area (TPSA) is 57.5 Å². The highest BCUT2D eigenvalue weighted by molar-refractivity contribution is 7.16. The third kappa shape index (κ3) is 853. The van der Waals surface area contributed by atoms with Crippen LogP contribution in [0.5, 0.6) is 0 Å². The van der Waals surface area contributed by atoms with Crippen molar-refractivity contribution in [3.8, 4) is 0 Å². The minimum atomic E-state index is -1.50. The Morgan fingerprint density at radius 2 is 1.60 bits per heavy atom. The number of aliphatic hydroxyl groups is 1. The van der Waals surface area contributed by atoms with Gasteiger partial charge in [-0.1, -0.05) is 0 Å². The highest BCUT2D eigenvalue weighted by atomic mass is 31.1. The minimum absolute atomic E-state index is 1.00. The molecule has 0 rings (SSSR count). The Morgan fingerprint density at radius 3 is 1.60 bits per heavy atom. The van der Waals surface area contributed by atoms with Crippen LogP contribution >= 0.6 is 8.69 Å². The molecule has 0 aliphatic carbocycles. The van der Waals surface area contributed by atoms with Gasteiger partial charge >= 0.3 is 0 Å². The molecule has 0 heterocycles. The average molecular weight is 98.0 g/mol. The van der Waals surface area contributed by atoms with Gasteiger partial charge in [0.1, 0.15) is 0 Å². The van der Waals surface area contributed by atoms with Crippen LogP contribution in [0.2, 0.25) is 0 Å². The molecular formula is CH7O3P. The lowest BCUT2D eigenvalue weighted by Crippen LogP contribution is -1.25. The van der Waals surface area contributed by atoms with Gasteiger partial charge in [-0.25, -0.2) is 0 Å². The molecule has 5 heavy (non-hydrogen) atoms. The first kappa shape index (κ1) is 8.94. The van der Waals surface area contributed by atoms with Crippen LogP contribution in [0, 0.1) is 0 Å². The van der Waals surface area contributed by atoms with Crippen LogP contribution in [0.25, 0.3) is 0 Å². The molecule has 3 nitrogen and oxygen atoms in total. The van der Waals surface area contributed by atoms with E-state index in [1.807, 2.05) is 0 Å². The van der Waals surface area contributed by atoms with Crippen molar-refractivity contribution in [1.82, 2.24) is 0 Å². The summed E-state index contributed by atoms with van der Waals surface area (Å²) in [4.78, 5) is 7.10. The maximum absolute atomic E-state index is 8.57. The van der Waals surface area contributed by atoms with Gasteiger partial charge in [-0.15, -0.1) is 0 Å². The zero-order valence-electron chi connectivity index (χ0n) is 2.88. The third-order valence-corrected chi connectivity index (χ3v) is 0. The van der Waals surface area contributed by atoms with Crippen molar-refractivity contribution < 1.29 is 14.6 Å². The first-order valence-corrected chi connectivity index (χ1v) is 1.93. The Kier molecular flexibility index (Phi) is 55.7. The lowest BCUT2D eigenvalue weighted by atomic mass is 11.8. The average Bonchev–Trinajstić information content (AvgIpc) is 1.46. The van der Waals surface area contributed by atoms with E-state index in [2.05, 4.69) is 0 Å². The molecule has 2 N–H and O–H groups in total. The molecule has 0 bridgehead atoms. The van der Waals surface area contributed by atoms with Crippen LogP contribution in [0.3, 0.4) is 0 Å². The Morgan fingerprint density at radius 1 is 1.60 bits per heavy atom. The summed E-state index contributed by atoms with van der Waals surface area (Å²) in [7, 11) is -0.500. The van der Waals surface area contributed by atoms with Gasteiger partial charge in [0.2, 0.25) is 0 Å². The van der Waals surface area contributed by atoms with Crippen LogP contribution in [0.1, 0.15) is 0 Å². The summed E-state index contributed by atoms with van der Waals surface area (Å²) in [5, 5.41) is 7.00. The third-order valence-electron chi connectivity index (χ3n) is 0. The Hall–Kier alpha value is 0.150. The van der Waals surface area contributed by atoms with E-state index in [-0.39, 0.29) is 0 Å². The fraction of sp³-hybridized carbons (Fsp3) is 1.00. The summed E-state index contributed by atoms with van der Waals surface area (Å²) in [5.74, 6) is 0. The van der Waals surface area contributed by atoms with E-state index in [1.165, 1.54) is 0 Å². The summed E-state index contributed by atoms with van der Waals surface area (Å²) < 4.78 is 8.57. The van der Waals surface area contributed by atoms with Crippen molar-refractivity contribution in [2.75, 3.05) is 7.11 Å². The van der Waals surface area contributed by atoms with E-state index in [0.717, 1.165) is 7.11 Å². The Labute approximate surface area is 31.5 Å². The number of aliphatic hydroxyl groups excluding tert-OH is 1. The van der Waals surface area contributed by atoms with E-state index in [1.54, 1.807) is 0 Å². The molecule has 0 aromatic rings. The van der Waals surface area contributed by atoms with E-state index in [9.17, 15) is 0 Å². The quantitative estimate of drug-likeness (QED) is 0.392. The lowest BCUT2D eigenvalue weighted by Gasteiger charge is -1.33. The van der Waals surface area contributed by atoms with E-state index in [0.29, 0.717) is 0 Å². The summed E-state index contributed by atoms with van der Waals surface area (Å²) in [6.45, 7) is 0. The van der Waals surface area contributed by atoms with Crippen molar-refractivity contribution in [1.29, 1.82) is 0 Å². The van der Waals surface area contributed by atoms with Crippen molar-refractivity contribution in [2.24, 2.45) is 0 Å². The maximum atomic E-state index is 8.57. The summed E-state index contributed by atoms with van der Waals surface area (Å²) in [5.41, 5.74) is 0. The highest BCUT2D eigenvalue weighted by Crippen LogP contribution is 1.66. The van der Waals surface area contributed by atoms with Gasteiger partial charge in [0.15, 0.2) is 8.69 Å². The van der Waals surface area contributed by atoms with Gasteiger partial charge in [-0.05, 0) is 0 Å². The van der Waals surface area contributed by atoms with Gasteiger partial charge < -0.3 is 10.00 Å². The van der Waals surface area contributed by atoms with Crippen LogP contribution in [-0.4, -0.2) is 17.1 Å². The molecule has 0 aromatic heterocycles. The second-order valence-corrected chi connectivity index (χ2v) is 0.316. The zero-order chi connectivity index (χ0) is 4.71.